The third kappa shape index (κ3) is 3.04. The topological polar surface area (TPSA) is 72.7 Å². The maximum Gasteiger partial charge on any atom is 0.230 e. The van der Waals surface area contributed by atoms with E-state index in [0.29, 0.717) is 11.2 Å². The molecule has 2 aliphatic rings. The Morgan fingerprint density at radius 1 is 1.29 bits per heavy atom. The summed E-state index contributed by atoms with van der Waals surface area (Å²) in [4.78, 5) is 16.7. The molecule has 2 saturated carbocycles. The van der Waals surface area contributed by atoms with Crippen molar-refractivity contribution in [1.82, 2.24) is 25.1 Å². The number of hydrogen-bond acceptors (Lipinski definition) is 5. The van der Waals surface area contributed by atoms with Gasteiger partial charge in [-0.05, 0) is 55.1 Å². The van der Waals surface area contributed by atoms with Gasteiger partial charge in [0, 0.05) is 30.5 Å². The lowest BCUT2D eigenvalue weighted by Crippen LogP contribution is -2.47. The molecule has 0 saturated heterocycles. The maximum absolute atomic E-state index is 12.7. The van der Waals surface area contributed by atoms with Crippen LogP contribution in [-0.4, -0.2) is 37.5 Å². The molecule has 0 aromatic carbocycles. The summed E-state index contributed by atoms with van der Waals surface area (Å²) in [7, 11) is 0. The number of pyridine rings is 1. The Morgan fingerprint density at radius 2 is 2.04 bits per heavy atom. The number of nitrogens with one attached hydrogen (secondary N) is 1. The van der Waals surface area contributed by atoms with Crippen molar-refractivity contribution in [3.05, 3.63) is 24.5 Å². The van der Waals surface area contributed by atoms with Gasteiger partial charge in [-0.3, -0.25) is 9.78 Å². The minimum absolute atomic E-state index is 0.0932. The van der Waals surface area contributed by atoms with Crippen LogP contribution in [-0.2, 0) is 11.3 Å². The second-order valence-corrected chi connectivity index (χ2v) is 9.75. The quantitative estimate of drug-likeness (QED) is 0.748. The number of carbonyl (C=O) groups excluding carboxylic acids is 1. The largest absolute Gasteiger partial charge is 0.352 e. The number of fused-ring (bicyclic) bond motifs is 2. The van der Waals surface area contributed by atoms with Gasteiger partial charge in [-0.15, -0.1) is 10.2 Å². The molecular weight excluding hydrogens is 370 g/mol. The highest BCUT2D eigenvalue weighted by Crippen LogP contribution is 2.65. The second-order valence-electron chi connectivity index (χ2n) is 8.81. The van der Waals surface area contributed by atoms with E-state index in [9.17, 15) is 4.79 Å². The van der Waals surface area contributed by atoms with Crippen LogP contribution in [0.4, 0.5) is 0 Å². The number of amides is 1. The van der Waals surface area contributed by atoms with E-state index in [-0.39, 0.29) is 17.4 Å². The Bertz CT molecular complexity index is 865. The van der Waals surface area contributed by atoms with Crippen LogP contribution in [0.15, 0.2) is 29.7 Å². The molecule has 2 fully saturated rings. The Morgan fingerprint density at radius 3 is 2.64 bits per heavy atom. The number of thioether (sulfide) groups is 1. The van der Waals surface area contributed by atoms with Crippen LogP contribution < -0.4 is 5.32 Å². The van der Waals surface area contributed by atoms with Gasteiger partial charge in [0.25, 0.3) is 0 Å². The molecule has 2 aliphatic carbocycles. The number of rotatable bonds is 6. The lowest BCUT2D eigenvalue weighted by molar-refractivity contribution is -0.120. The molecule has 28 heavy (non-hydrogen) atoms. The standard InChI is InChI=1S/C21H29N5OS/c1-5-26-18(14-7-10-22-11-8-14)24-25-19(26)28-13-17(27)23-16-12-15-6-9-21(16,4)20(15,2)3/h7-8,10-11,15-16H,5-6,9,12-13H2,1-4H3,(H,23,27). The van der Waals surface area contributed by atoms with Crippen molar-refractivity contribution in [2.45, 2.75) is 64.7 Å². The second kappa shape index (κ2) is 7.17. The van der Waals surface area contributed by atoms with Gasteiger partial charge in [-0.2, -0.15) is 0 Å². The summed E-state index contributed by atoms with van der Waals surface area (Å²) in [6, 6.07) is 4.13. The van der Waals surface area contributed by atoms with Gasteiger partial charge in [-0.1, -0.05) is 32.5 Å². The molecular formula is C21H29N5OS. The first-order valence-electron chi connectivity index (χ1n) is 10.1. The minimum atomic E-state index is 0.0932. The van der Waals surface area contributed by atoms with Crippen LogP contribution in [0.3, 0.4) is 0 Å². The van der Waals surface area contributed by atoms with Crippen molar-refractivity contribution in [3.8, 4) is 11.4 Å². The monoisotopic (exact) mass is 399 g/mol. The molecule has 7 heteroatoms. The highest BCUT2D eigenvalue weighted by atomic mass is 32.2. The van der Waals surface area contributed by atoms with Gasteiger partial charge >= 0.3 is 0 Å². The van der Waals surface area contributed by atoms with Gasteiger partial charge in [-0.25, -0.2) is 0 Å². The summed E-state index contributed by atoms with van der Waals surface area (Å²) in [5, 5.41) is 12.8. The van der Waals surface area contributed by atoms with Crippen LogP contribution >= 0.6 is 11.8 Å². The summed E-state index contributed by atoms with van der Waals surface area (Å²) in [6.07, 6.45) is 7.12. The average Bonchev–Trinajstić information content (AvgIpc) is 3.26. The van der Waals surface area contributed by atoms with E-state index < -0.39 is 0 Å². The van der Waals surface area contributed by atoms with Crippen LogP contribution in [0.25, 0.3) is 11.4 Å². The molecule has 0 aliphatic heterocycles. The van der Waals surface area contributed by atoms with Crippen LogP contribution in [0.1, 0.15) is 47.0 Å². The number of nitrogens with zero attached hydrogens (tertiary/aromatic N) is 4. The molecule has 150 valence electrons. The molecule has 4 rings (SSSR count). The first-order chi connectivity index (χ1) is 13.4. The number of aromatic nitrogens is 4. The van der Waals surface area contributed by atoms with Crippen molar-refractivity contribution in [1.29, 1.82) is 0 Å². The van der Waals surface area contributed by atoms with Crippen LogP contribution in [0.2, 0.25) is 0 Å². The molecule has 3 atom stereocenters. The Hall–Kier alpha value is -1.89. The normalized spacial score (nSPS) is 27.9. The fourth-order valence-electron chi connectivity index (χ4n) is 5.18. The maximum atomic E-state index is 12.7. The molecule has 2 aromatic heterocycles. The summed E-state index contributed by atoms with van der Waals surface area (Å²) < 4.78 is 2.05. The van der Waals surface area contributed by atoms with E-state index in [1.807, 2.05) is 12.1 Å². The molecule has 2 aromatic rings. The molecule has 2 heterocycles. The fourth-order valence-corrected chi connectivity index (χ4v) is 6.00. The molecule has 1 amide bonds. The van der Waals surface area contributed by atoms with E-state index >= 15 is 0 Å². The van der Waals surface area contributed by atoms with Gasteiger partial charge < -0.3 is 9.88 Å². The van der Waals surface area contributed by atoms with Crippen molar-refractivity contribution in [2.24, 2.45) is 16.7 Å². The number of hydrogen-bond donors (Lipinski definition) is 1. The summed E-state index contributed by atoms with van der Waals surface area (Å²) in [5.74, 6) is 2.00. The summed E-state index contributed by atoms with van der Waals surface area (Å²) in [6.45, 7) is 9.92. The van der Waals surface area contributed by atoms with Crippen molar-refractivity contribution < 1.29 is 4.79 Å². The highest BCUT2D eigenvalue weighted by Gasteiger charge is 2.61. The lowest BCUT2D eigenvalue weighted by Gasteiger charge is -2.39. The molecule has 3 unspecified atom stereocenters. The third-order valence-electron chi connectivity index (χ3n) is 7.43. The molecule has 0 spiro atoms. The van der Waals surface area contributed by atoms with Crippen LogP contribution in [0, 0.1) is 16.7 Å². The summed E-state index contributed by atoms with van der Waals surface area (Å²) >= 11 is 1.46. The zero-order valence-corrected chi connectivity index (χ0v) is 17.9. The fraction of sp³-hybridized carbons (Fsp3) is 0.619. The predicted molar refractivity (Wildman–Crippen MR) is 111 cm³/mol. The SMILES string of the molecule is CCn1c(SCC(=O)NC2CC3CCC2(C)C3(C)C)nnc1-c1ccncc1. The van der Waals surface area contributed by atoms with Gasteiger partial charge in [0.1, 0.15) is 0 Å². The van der Waals surface area contributed by atoms with Crippen molar-refractivity contribution >= 4 is 17.7 Å². The average molecular weight is 400 g/mol. The molecule has 2 bridgehead atoms. The first kappa shape index (κ1) is 19.4. The predicted octanol–water partition coefficient (Wildman–Crippen LogP) is 3.78. The van der Waals surface area contributed by atoms with Crippen molar-refractivity contribution in [3.63, 3.8) is 0 Å². The lowest BCUT2D eigenvalue weighted by atomic mass is 9.69. The zero-order chi connectivity index (χ0) is 19.9. The molecule has 0 radical (unpaired) electrons. The zero-order valence-electron chi connectivity index (χ0n) is 17.1. The van der Waals surface area contributed by atoms with Gasteiger partial charge in [0.2, 0.25) is 5.91 Å². The highest BCUT2D eigenvalue weighted by molar-refractivity contribution is 7.99. The minimum Gasteiger partial charge on any atom is -0.352 e. The Labute approximate surface area is 170 Å². The summed E-state index contributed by atoms with van der Waals surface area (Å²) in [5.41, 5.74) is 1.49. The first-order valence-corrected chi connectivity index (χ1v) is 11.1. The Kier molecular flexibility index (Phi) is 4.98. The van der Waals surface area contributed by atoms with Gasteiger partial charge in [0.15, 0.2) is 11.0 Å². The molecule has 6 nitrogen and oxygen atoms in total. The van der Waals surface area contributed by atoms with Crippen LogP contribution in [0.5, 0.6) is 0 Å². The van der Waals surface area contributed by atoms with Crippen molar-refractivity contribution in [2.75, 3.05) is 5.75 Å². The van der Waals surface area contributed by atoms with E-state index in [2.05, 4.69) is 52.8 Å². The van der Waals surface area contributed by atoms with E-state index in [1.165, 1.54) is 24.6 Å². The van der Waals surface area contributed by atoms with E-state index in [4.69, 9.17) is 0 Å². The van der Waals surface area contributed by atoms with Gasteiger partial charge in [0.05, 0.1) is 5.75 Å². The Balaban J connectivity index is 1.40. The van der Waals surface area contributed by atoms with E-state index in [1.54, 1.807) is 12.4 Å². The molecule has 1 N–H and O–H groups in total. The smallest absolute Gasteiger partial charge is 0.230 e. The van der Waals surface area contributed by atoms with E-state index in [0.717, 1.165) is 35.4 Å². The number of carbonyl (C=O) groups is 1. The third-order valence-corrected chi connectivity index (χ3v) is 8.40.